The van der Waals surface area contributed by atoms with E-state index in [1.807, 2.05) is 43.3 Å². The molecule has 1 aromatic carbocycles. The Morgan fingerprint density at radius 2 is 2.00 bits per heavy atom. The molecule has 0 bridgehead atoms. The van der Waals surface area contributed by atoms with Crippen LogP contribution >= 0.6 is 0 Å². The molecule has 19 heavy (non-hydrogen) atoms. The average Bonchev–Trinajstić information content (AvgIpc) is 2.37. The number of aromatic nitrogens is 3. The molecule has 0 aliphatic carbocycles. The summed E-state index contributed by atoms with van der Waals surface area (Å²) < 4.78 is 0. The van der Waals surface area contributed by atoms with Crippen LogP contribution in [0.25, 0.3) is 10.9 Å². The molecule has 2 aromatic heterocycles. The number of aryl methyl sites for hydroxylation is 1. The first-order valence-corrected chi connectivity index (χ1v) is 5.94. The van der Waals surface area contributed by atoms with Crippen molar-refractivity contribution < 1.29 is 0 Å². The van der Waals surface area contributed by atoms with Gasteiger partial charge in [0.25, 0.3) is 0 Å². The van der Waals surface area contributed by atoms with Gasteiger partial charge < -0.3 is 11.1 Å². The van der Waals surface area contributed by atoms with Gasteiger partial charge in [0.05, 0.1) is 5.52 Å². The molecule has 0 saturated heterocycles. The third-order valence-electron chi connectivity index (χ3n) is 2.75. The molecule has 94 valence electrons. The molecule has 3 rings (SSSR count). The minimum Gasteiger partial charge on any atom is -0.368 e. The molecule has 2 heterocycles. The molecule has 3 N–H and O–H groups in total. The van der Waals surface area contributed by atoms with E-state index in [1.54, 1.807) is 6.20 Å². The molecular formula is C14H13N5. The molecule has 0 atom stereocenters. The minimum absolute atomic E-state index is 0.268. The molecule has 3 aromatic rings. The maximum Gasteiger partial charge on any atom is 0.222 e. The number of pyridine rings is 1. The van der Waals surface area contributed by atoms with E-state index >= 15 is 0 Å². The van der Waals surface area contributed by atoms with E-state index in [1.165, 1.54) is 0 Å². The summed E-state index contributed by atoms with van der Waals surface area (Å²) in [6.45, 7) is 1.88. The maximum atomic E-state index is 5.63. The molecule has 5 nitrogen and oxygen atoms in total. The van der Waals surface area contributed by atoms with Crippen LogP contribution in [-0.4, -0.2) is 15.0 Å². The van der Waals surface area contributed by atoms with Gasteiger partial charge in [-0.05, 0) is 31.2 Å². The van der Waals surface area contributed by atoms with Gasteiger partial charge in [-0.3, -0.25) is 4.98 Å². The van der Waals surface area contributed by atoms with Crippen LogP contribution in [0.4, 0.5) is 17.5 Å². The second-order valence-corrected chi connectivity index (χ2v) is 4.29. The SMILES string of the molecule is Cc1cc(Nc2ccc3ncccc3c2)nc(N)n1. The maximum absolute atomic E-state index is 5.63. The molecular weight excluding hydrogens is 238 g/mol. The van der Waals surface area contributed by atoms with E-state index in [-0.39, 0.29) is 5.95 Å². The Kier molecular flexibility index (Phi) is 2.72. The third kappa shape index (κ3) is 2.44. The van der Waals surface area contributed by atoms with Crippen molar-refractivity contribution in [3.8, 4) is 0 Å². The Balaban J connectivity index is 1.96. The predicted octanol–water partition coefficient (Wildman–Crippen LogP) is 2.66. The number of anilines is 3. The summed E-state index contributed by atoms with van der Waals surface area (Å²) in [6.07, 6.45) is 1.78. The Morgan fingerprint density at radius 1 is 1.11 bits per heavy atom. The van der Waals surface area contributed by atoms with E-state index in [2.05, 4.69) is 20.3 Å². The first kappa shape index (κ1) is 11.4. The zero-order valence-electron chi connectivity index (χ0n) is 10.5. The minimum atomic E-state index is 0.268. The largest absolute Gasteiger partial charge is 0.368 e. The van der Waals surface area contributed by atoms with Gasteiger partial charge in [-0.15, -0.1) is 0 Å². The number of rotatable bonds is 2. The lowest BCUT2D eigenvalue weighted by Gasteiger charge is -2.07. The van der Waals surface area contributed by atoms with Crippen LogP contribution in [0, 0.1) is 6.92 Å². The van der Waals surface area contributed by atoms with Crippen molar-refractivity contribution in [2.75, 3.05) is 11.1 Å². The van der Waals surface area contributed by atoms with E-state index in [0.717, 1.165) is 22.3 Å². The van der Waals surface area contributed by atoms with E-state index in [9.17, 15) is 0 Å². The monoisotopic (exact) mass is 251 g/mol. The highest BCUT2D eigenvalue weighted by molar-refractivity contribution is 5.83. The van der Waals surface area contributed by atoms with Gasteiger partial charge in [0.15, 0.2) is 0 Å². The lowest BCUT2D eigenvalue weighted by atomic mass is 10.2. The van der Waals surface area contributed by atoms with Crippen molar-refractivity contribution in [2.24, 2.45) is 0 Å². The van der Waals surface area contributed by atoms with Crippen LogP contribution in [-0.2, 0) is 0 Å². The highest BCUT2D eigenvalue weighted by Crippen LogP contribution is 2.20. The molecule has 0 amide bonds. The summed E-state index contributed by atoms with van der Waals surface area (Å²) in [5, 5.41) is 4.29. The molecule has 0 spiro atoms. The van der Waals surface area contributed by atoms with Crippen LogP contribution in [0.3, 0.4) is 0 Å². The molecule has 0 unspecified atom stereocenters. The van der Waals surface area contributed by atoms with Crippen LogP contribution in [0.2, 0.25) is 0 Å². The summed E-state index contributed by atoms with van der Waals surface area (Å²) in [4.78, 5) is 12.5. The summed E-state index contributed by atoms with van der Waals surface area (Å²) >= 11 is 0. The fourth-order valence-corrected chi connectivity index (χ4v) is 1.96. The van der Waals surface area contributed by atoms with Gasteiger partial charge in [0, 0.05) is 29.0 Å². The highest BCUT2D eigenvalue weighted by atomic mass is 15.1. The number of hydrogen-bond donors (Lipinski definition) is 2. The van der Waals surface area contributed by atoms with Crippen molar-refractivity contribution >= 4 is 28.4 Å². The zero-order valence-corrected chi connectivity index (χ0v) is 10.5. The van der Waals surface area contributed by atoms with Crippen LogP contribution in [0.1, 0.15) is 5.69 Å². The van der Waals surface area contributed by atoms with Gasteiger partial charge in [0.2, 0.25) is 5.95 Å². The lowest BCUT2D eigenvalue weighted by molar-refractivity contribution is 1.12. The molecule has 0 aliphatic rings. The topological polar surface area (TPSA) is 76.7 Å². The average molecular weight is 251 g/mol. The molecule has 0 aliphatic heterocycles. The quantitative estimate of drug-likeness (QED) is 0.732. The van der Waals surface area contributed by atoms with E-state index in [4.69, 9.17) is 5.73 Å². The van der Waals surface area contributed by atoms with Crippen molar-refractivity contribution in [3.05, 3.63) is 48.3 Å². The van der Waals surface area contributed by atoms with Gasteiger partial charge >= 0.3 is 0 Å². The fraction of sp³-hybridized carbons (Fsp3) is 0.0714. The Morgan fingerprint density at radius 3 is 2.84 bits per heavy atom. The van der Waals surface area contributed by atoms with E-state index < -0.39 is 0 Å². The first-order chi connectivity index (χ1) is 9.20. The second-order valence-electron chi connectivity index (χ2n) is 4.29. The number of fused-ring (bicyclic) bond motifs is 1. The number of hydrogen-bond acceptors (Lipinski definition) is 5. The Hall–Kier alpha value is -2.69. The number of nitrogens with one attached hydrogen (secondary N) is 1. The second kappa shape index (κ2) is 4.53. The van der Waals surface area contributed by atoms with Crippen LogP contribution < -0.4 is 11.1 Å². The Labute approximate surface area is 110 Å². The first-order valence-electron chi connectivity index (χ1n) is 5.94. The normalized spacial score (nSPS) is 10.6. The Bertz CT molecular complexity index is 718. The number of nitrogens with zero attached hydrogens (tertiary/aromatic N) is 3. The van der Waals surface area contributed by atoms with Crippen LogP contribution in [0.5, 0.6) is 0 Å². The van der Waals surface area contributed by atoms with Gasteiger partial charge in [0.1, 0.15) is 5.82 Å². The summed E-state index contributed by atoms with van der Waals surface area (Å²) in [5.41, 5.74) is 8.37. The smallest absolute Gasteiger partial charge is 0.222 e. The van der Waals surface area contributed by atoms with E-state index in [0.29, 0.717) is 5.82 Å². The van der Waals surface area contributed by atoms with Crippen molar-refractivity contribution in [3.63, 3.8) is 0 Å². The zero-order chi connectivity index (χ0) is 13.2. The van der Waals surface area contributed by atoms with Gasteiger partial charge in [-0.25, -0.2) is 4.98 Å². The highest BCUT2D eigenvalue weighted by Gasteiger charge is 2.01. The molecule has 5 heteroatoms. The van der Waals surface area contributed by atoms with Gasteiger partial charge in [-0.2, -0.15) is 4.98 Å². The summed E-state index contributed by atoms with van der Waals surface area (Å²) in [5.74, 6) is 0.957. The number of nitrogen functional groups attached to an aromatic ring is 1. The number of nitrogens with two attached hydrogens (primary N) is 1. The van der Waals surface area contributed by atoms with Crippen molar-refractivity contribution in [2.45, 2.75) is 6.92 Å². The predicted molar refractivity (Wildman–Crippen MR) is 76.2 cm³/mol. The fourth-order valence-electron chi connectivity index (χ4n) is 1.96. The summed E-state index contributed by atoms with van der Waals surface area (Å²) in [6, 6.07) is 11.7. The van der Waals surface area contributed by atoms with Crippen LogP contribution in [0.15, 0.2) is 42.6 Å². The van der Waals surface area contributed by atoms with Crippen molar-refractivity contribution in [1.29, 1.82) is 0 Å². The number of benzene rings is 1. The lowest BCUT2D eigenvalue weighted by Crippen LogP contribution is -2.01. The molecule has 0 fully saturated rings. The third-order valence-corrected chi connectivity index (χ3v) is 2.75. The molecule has 0 saturated carbocycles. The molecule has 0 radical (unpaired) electrons. The van der Waals surface area contributed by atoms with Crippen molar-refractivity contribution in [1.82, 2.24) is 15.0 Å². The standard InChI is InChI=1S/C14H13N5/c1-9-7-13(19-14(15)17-9)18-11-4-5-12-10(8-11)3-2-6-16-12/h2-8H,1H3,(H3,15,17,18,19). The van der Waals surface area contributed by atoms with Gasteiger partial charge in [-0.1, -0.05) is 6.07 Å². The summed E-state index contributed by atoms with van der Waals surface area (Å²) in [7, 11) is 0.